The van der Waals surface area contributed by atoms with Gasteiger partial charge in [-0.3, -0.25) is 0 Å². The van der Waals surface area contributed by atoms with Crippen molar-refractivity contribution in [3.8, 4) is 11.5 Å². The molecule has 2 unspecified atom stereocenters. The molecule has 34 heavy (non-hydrogen) atoms. The lowest BCUT2D eigenvalue weighted by atomic mass is 9.33. The van der Waals surface area contributed by atoms with Gasteiger partial charge in [0.05, 0.1) is 5.60 Å². The predicted octanol–water partition coefficient (Wildman–Crippen LogP) is 4.20. The summed E-state index contributed by atoms with van der Waals surface area (Å²) in [4.78, 5) is 2.62. The van der Waals surface area contributed by atoms with Gasteiger partial charge in [0.15, 0.2) is 11.5 Å². The number of likely N-dealkylation sites (N-methyl/N-ethyl adjacent to an activating group) is 1. The van der Waals surface area contributed by atoms with Gasteiger partial charge in [-0.15, -0.1) is 0 Å². The number of hydrogen-bond acceptors (Lipinski definition) is 5. The smallest absolute Gasteiger partial charge is 0.165 e. The van der Waals surface area contributed by atoms with Gasteiger partial charge in [-0.1, -0.05) is 36.4 Å². The van der Waals surface area contributed by atoms with Crippen molar-refractivity contribution in [2.75, 3.05) is 20.4 Å². The number of rotatable bonds is 2. The number of phenols is 1. The van der Waals surface area contributed by atoms with Gasteiger partial charge in [-0.2, -0.15) is 0 Å². The molecule has 3 heterocycles. The highest BCUT2D eigenvalue weighted by atomic mass is 16.7. The fourth-order valence-corrected chi connectivity index (χ4v) is 9.84. The third-order valence-corrected chi connectivity index (χ3v) is 11.1. The van der Waals surface area contributed by atoms with Crippen LogP contribution in [0.5, 0.6) is 11.5 Å². The summed E-state index contributed by atoms with van der Waals surface area (Å²) in [5.74, 6) is 1.28. The molecule has 4 bridgehead atoms. The number of fused-ring (bicyclic) bond motifs is 1. The van der Waals surface area contributed by atoms with Gasteiger partial charge in [-0.25, -0.2) is 0 Å². The van der Waals surface area contributed by atoms with Crippen LogP contribution in [-0.2, 0) is 27.7 Å². The van der Waals surface area contributed by atoms with Crippen LogP contribution in [0.4, 0.5) is 0 Å². The first kappa shape index (κ1) is 20.1. The van der Waals surface area contributed by atoms with E-state index >= 15 is 0 Å². The van der Waals surface area contributed by atoms with Crippen molar-refractivity contribution >= 4 is 0 Å². The Morgan fingerprint density at radius 1 is 1.06 bits per heavy atom. The Morgan fingerprint density at radius 3 is 2.76 bits per heavy atom. The summed E-state index contributed by atoms with van der Waals surface area (Å²) >= 11 is 0. The van der Waals surface area contributed by atoms with Gasteiger partial charge in [-0.05, 0) is 69.8 Å². The maximum Gasteiger partial charge on any atom is 0.165 e. The molecular formula is C29H33NO4. The number of hydrogen-bond donors (Lipinski definition) is 1. The summed E-state index contributed by atoms with van der Waals surface area (Å²) in [7, 11) is 2.32. The van der Waals surface area contributed by atoms with E-state index in [2.05, 4.69) is 55.3 Å². The number of phenolic OH excluding ortho intramolecular Hbond substituents is 1. The molecule has 1 N–H and O–H groups in total. The van der Waals surface area contributed by atoms with Gasteiger partial charge < -0.3 is 24.2 Å². The summed E-state index contributed by atoms with van der Waals surface area (Å²) in [6.45, 7) is 3.69. The first-order valence-corrected chi connectivity index (χ1v) is 13.0. The summed E-state index contributed by atoms with van der Waals surface area (Å²) < 4.78 is 20.2. The van der Waals surface area contributed by atoms with Crippen molar-refractivity contribution in [3.63, 3.8) is 0 Å². The Bertz CT molecular complexity index is 1200. The normalized spacial score (nSPS) is 45.4. The molecule has 9 rings (SSSR count). The molecule has 3 saturated carbocycles. The van der Waals surface area contributed by atoms with E-state index in [9.17, 15) is 5.11 Å². The second-order valence-corrected chi connectivity index (χ2v) is 12.1. The summed E-state index contributed by atoms with van der Waals surface area (Å²) in [5.41, 5.74) is 3.34. The van der Waals surface area contributed by atoms with Crippen molar-refractivity contribution in [3.05, 3.63) is 59.2 Å². The second kappa shape index (κ2) is 6.18. The molecule has 3 aliphatic heterocycles. The first-order valence-electron chi connectivity index (χ1n) is 13.0. The van der Waals surface area contributed by atoms with Crippen LogP contribution in [0.1, 0.15) is 49.3 Å². The van der Waals surface area contributed by atoms with Gasteiger partial charge in [0.1, 0.15) is 18.5 Å². The summed E-state index contributed by atoms with van der Waals surface area (Å²) in [6, 6.07) is 15.2. The lowest BCUT2D eigenvalue weighted by Crippen LogP contribution is -2.83. The van der Waals surface area contributed by atoms with Crippen LogP contribution < -0.4 is 4.74 Å². The molecular weight excluding hydrogens is 426 g/mol. The van der Waals surface area contributed by atoms with Crippen molar-refractivity contribution in [1.82, 2.24) is 4.90 Å². The minimum Gasteiger partial charge on any atom is -0.504 e. The van der Waals surface area contributed by atoms with E-state index in [1.807, 2.05) is 6.07 Å². The van der Waals surface area contributed by atoms with E-state index in [-0.39, 0.29) is 34.1 Å². The molecule has 5 nitrogen and oxygen atoms in total. The maximum absolute atomic E-state index is 10.9. The fraction of sp³-hybridized carbons (Fsp3) is 0.586. The third-order valence-electron chi connectivity index (χ3n) is 11.1. The zero-order valence-electron chi connectivity index (χ0n) is 20.0. The van der Waals surface area contributed by atoms with E-state index in [0.29, 0.717) is 18.6 Å². The molecule has 2 aromatic carbocycles. The number of piperidine rings is 1. The SMILES string of the molecule is CN1CC[C@]23c4c5ccc(O)c4O[C@H]2[C@@]24CC[C@@]3(CC2C(C)(Cc2ccccc2)OCO4)[C@H]1C5. The van der Waals surface area contributed by atoms with Crippen LogP contribution >= 0.6 is 0 Å². The lowest BCUT2D eigenvalue weighted by Gasteiger charge is -2.76. The van der Waals surface area contributed by atoms with E-state index in [1.54, 1.807) is 0 Å². The van der Waals surface area contributed by atoms with Crippen molar-refractivity contribution in [2.24, 2.45) is 11.3 Å². The van der Waals surface area contributed by atoms with Gasteiger partial charge in [0.2, 0.25) is 0 Å². The molecule has 7 atom stereocenters. The quantitative estimate of drug-likeness (QED) is 0.730. The van der Waals surface area contributed by atoms with E-state index < -0.39 is 0 Å². The zero-order chi connectivity index (χ0) is 22.9. The van der Waals surface area contributed by atoms with Crippen molar-refractivity contribution in [2.45, 2.75) is 74.2 Å². The Labute approximate surface area is 201 Å². The molecule has 0 radical (unpaired) electrons. The lowest BCUT2D eigenvalue weighted by molar-refractivity contribution is -0.374. The molecule has 7 aliphatic rings. The maximum atomic E-state index is 10.9. The van der Waals surface area contributed by atoms with Gasteiger partial charge in [0.25, 0.3) is 0 Å². The number of likely N-dealkylation sites (tertiary alicyclic amines) is 1. The molecule has 4 aliphatic carbocycles. The molecule has 2 saturated heterocycles. The van der Waals surface area contributed by atoms with Gasteiger partial charge >= 0.3 is 0 Å². The molecule has 5 heteroatoms. The fourth-order valence-electron chi connectivity index (χ4n) is 9.84. The number of aromatic hydroxyl groups is 1. The second-order valence-electron chi connectivity index (χ2n) is 12.1. The molecule has 0 aromatic heterocycles. The third kappa shape index (κ3) is 2.03. The summed E-state index contributed by atoms with van der Waals surface area (Å²) in [6.07, 6.45) is 6.18. The van der Waals surface area contributed by atoms with Crippen LogP contribution in [0.2, 0.25) is 0 Å². The van der Waals surface area contributed by atoms with Gasteiger partial charge in [0, 0.05) is 34.8 Å². The average Bonchev–Trinajstić information content (AvgIpc) is 3.21. The van der Waals surface area contributed by atoms with Crippen LogP contribution in [0.3, 0.4) is 0 Å². The standard InChI is InChI=1S/C29H33NO4/c1-26(15-18-6-4-3-5-7-18)21-16-27-10-11-29(21,33-17-32-26)25-28(27)12-13-30(2)22(27)14-19-8-9-20(31)24(34-25)23(19)28/h3-9,21-22,25,31H,10-17H2,1-2H3/t21?,22-,25-,26?,27-,28+,29-/m1/s1. The highest BCUT2D eigenvalue weighted by Gasteiger charge is 2.82. The van der Waals surface area contributed by atoms with Crippen LogP contribution in [0.15, 0.2) is 42.5 Å². The van der Waals surface area contributed by atoms with Crippen molar-refractivity contribution in [1.29, 1.82) is 0 Å². The van der Waals surface area contributed by atoms with Crippen LogP contribution in [-0.4, -0.2) is 53.7 Å². The monoisotopic (exact) mass is 459 g/mol. The Kier molecular flexibility index (Phi) is 3.66. The number of nitrogens with zero attached hydrogens (tertiary/aromatic N) is 1. The number of ether oxygens (including phenoxy) is 3. The largest absolute Gasteiger partial charge is 0.504 e. The highest BCUT2D eigenvalue weighted by Crippen LogP contribution is 2.78. The van der Waals surface area contributed by atoms with Crippen LogP contribution in [0, 0.1) is 11.3 Å². The first-order chi connectivity index (χ1) is 16.4. The summed E-state index contributed by atoms with van der Waals surface area (Å²) in [5, 5.41) is 10.9. The minimum atomic E-state index is -0.385. The van der Waals surface area contributed by atoms with Crippen LogP contribution in [0.25, 0.3) is 0 Å². The molecule has 178 valence electrons. The average molecular weight is 460 g/mol. The Hall–Kier alpha value is -2.08. The topological polar surface area (TPSA) is 51.2 Å². The zero-order valence-corrected chi connectivity index (χ0v) is 20.0. The number of benzene rings is 2. The Morgan fingerprint density at radius 2 is 1.91 bits per heavy atom. The molecule has 5 fully saturated rings. The highest BCUT2D eigenvalue weighted by molar-refractivity contribution is 5.63. The van der Waals surface area contributed by atoms with E-state index in [1.165, 1.54) is 16.7 Å². The molecule has 2 aromatic rings. The minimum absolute atomic E-state index is 0.0648. The predicted molar refractivity (Wildman–Crippen MR) is 127 cm³/mol. The molecule has 0 amide bonds. The van der Waals surface area contributed by atoms with E-state index in [0.717, 1.165) is 50.8 Å². The van der Waals surface area contributed by atoms with E-state index in [4.69, 9.17) is 14.2 Å². The Balaban J connectivity index is 1.34. The molecule has 3 spiro atoms. The van der Waals surface area contributed by atoms with Crippen molar-refractivity contribution < 1.29 is 19.3 Å².